The van der Waals surface area contributed by atoms with Crippen LogP contribution in [-0.4, -0.2) is 10.9 Å². The van der Waals surface area contributed by atoms with E-state index in [0.717, 1.165) is 16.5 Å². The number of nitrogens with one attached hydrogen (secondary N) is 1. The second kappa shape index (κ2) is 4.28. The summed E-state index contributed by atoms with van der Waals surface area (Å²) < 4.78 is 0. The van der Waals surface area contributed by atoms with E-state index in [0.29, 0.717) is 0 Å². The average Bonchev–Trinajstić information content (AvgIpc) is 2.36. The van der Waals surface area contributed by atoms with Crippen LogP contribution in [0.4, 0.5) is 0 Å². The van der Waals surface area contributed by atoms with Gasteiger partial charge in [0.2, 0.25) is 5.91 Å². The van der Waals surface area contributed by atoms with Gasteiger partial charge in [-0.15, -0.1) is 0 Å². The molecule has 16 heavy (non-hydrogen) atoms. The number of aromatic nitrogens is 1. The minimum absolute atomic E-state index is 0.191. The molecule has 1 aromatic carbocycles. The zero-order valence-electron chi connectivity index (χ0n) is 8.97. The van der Waals surface area contributed by atoms with Crippen molar-refractivity contribution in [3.05, 3.63) is 42.1 Å². The number of benzene rings is 1. The van der Waals surface area contributed by atoms with Gasteiger partial charge in [-0.1, -0.05) is 12.1 Å². The summed E-state index contributed by atoms with van der Waals surface area (Å²) in [7, 11) is 0. The number of hydrogen-bond donors (Lipinski definition) is 2. The molecule has 1 amide bonds. The maximum atomic E-state index is 11.4. The maximum absolute atomic E-state index is 11.4. The molecule has 1 unspecified atom stereocenters. The molecule has 0 radical (unpaired) electrons. The van der Waals surface area contributed by atoms with E-state index in [2.05, 4.69) is 10.4 Å². The molecule has 0 aliphatic rings. The van der Waals surface area contributed by atoms with E-state index in [1.807, 2.05) is 37.3 Å². The van der Waals surface area contributed by atoms with E-state index in [1.165, 1.54) is 0 Å². The topological polar surface area (TPSA) is 68.0 Å². The zero-order chi connectivity index (χ0) is 11.5. The lowest BCUT2D eigenvalue weighted by Crippen LogP contribution is -2.33. The molecule has 1 atom stereocenters. The van der Waals surface area contributed by atoms with Gasteiger partial charge in [-0.05, 0) is 30.7 Å². The Labute approximate surface area is 93.4 Å². The number of carbonyl (C=O) groups is 1. The Bertz CT molecular complexity index is 524. The smallest absolute Gasteiger partial charge is 0.241 e. The van der Waals surface area contributed by atoms with Gasteiger partial charge in [-0.25, -0.2) is 5.84 Å². The fourth-order valence-electron chi connectivity index (χ4n) is 1.64. The Hall–Kier alpha value is -1.94. The first kappa shape index (κ1) is 10.6. The molecule has 82 valence electrons. The van der Waals surface area contributed by atoms with Crippen LogP contribution in [0.25, 0.3) is 10.9 Å². The monoisotopic (exact) mass is 215 g/mol. The molecule has 0 bridgehead atoms. The molecule has 3 N–H and O–H groups in total. The van der Waals surface area contributed by atoms with Gasteiger partial charge >= 0.3 is 0 Å². The van der Waals surface area contributed by atoms with E-state index < -0.39 is 0 Å². The van der Waals surface area contributed by atoms with Crippen LogP contribution in [-0.2, 0) is 4.79 Å². The molecule has 0 saturated carbocycles. The summed E-state index contributed by atoms with van der Waals surface area (Å²) in [6, 6.07) is 9.61. The van der Waals surface area contributed by atoms with Crippen molar-refractivity contribution in [3.8, 4) is 0 Å². The second-order valence-electron chi connectivity index (χ2n) is 3.69. The van der Waals surface area contributed by atoms with Crippen molar-refractivity contribution in [3.63, 3.8) is 0 Å². The minimum Gasteiger partial charge on any atom is -0.294 e. The fourth-order valence-corrected chi connectivity index (χ4v) is 1.64. The highest BCUT2D eigenvalue weighted by atomic mass is 16.2. The largest absolute Gasteiger partial charge is 0.294 e. The number of pyridine rings is 1. The second-order valence-corrected chi connectivity index (χ2v) is 3.69. The number of rotatable bonds is 2. The number of carbonyl (C=O) groups excluding carboxylic acids is 1. The number of fused-ring (bicyclic) bond motifs is 1. The standard InChI is InChI=1S/C12H13N3O/c1-8(12(16)15-13)9-4-5-11-10(7-9)3-2-6-14-11/h2-8H,13H2,1H3,(H,15,16). The van der Waals surface area contributed by atoms with E-state index in [4.69, 9.17) is 5.84 Å². The fraction of sp³-hybridized carbons (Fsp3) is 0.167. The van der Waals surface area contributed by atoms with Crippen LogP contribution in [0.1, 0.15) is 18.4 Å². The first-order valence-electron chi connectivity index (χ1n) is 5.07. The van der Waals surface area contributed by atoms with E-state index in [1.54, 1.807) is 6.20 Å². The van der Waals surface area contributed by atoms with Crippen molar-refractivity contribution in [2.75, 3.05) is 0 Å². The molecule has 0 aliphatic carbocycles. The van der Waals surface area contributed by atoms with Gasteiger partial charge < -0.3 is 0 Å². The van der Waals surface area contributed by atoms with Gasteiger partial charge in [0.15, 0.2) is 0 Å². The van der Waals surface area contributed by atoms with E-state index >= 15 is 0 Å². The van der Waals surface area contributed by atoms with Crippen LogP contribution < -0.4 is 11.3 Å². The first-order valence-corrected chi connectivity index (χ1v) is 5.07. The number of nitrogens with two attached hydrogens (primary N) is 1. The minimum atomic E-state index is -0.255. The molecule has 0 fully saturated rings. The van der Waals surface area contributed by atoms with E-state index in [-0.39, 0.29) is 11.8 Å². The number of hydrogen-bond acceptors (Lipinski definition) is 3. The summed E-state index contributed by atoms with van der Waals surface area (Å²) in [5.41, 5.74) is 4.01. The normalized spacial score (nSPS) is 12.4. The highest BCUT2D eigenvalue weighted by Crippen LogP contribution is 2.20. The summed E-state index contributed by atoms with van der Waals surface area (Å²) in [5.74, 6) is 4.66. The Kier molecular flexibility index (Phi) is 2.83. The predicted molar refractivity (Wildman–Crippen MR) is 62.5 cm³/mol. The Morgan fingerprint density at radius 1 is 1.44 bits per heavy atom. The Morgan fingerprint density at radius 3 is 3.00 bits per heavy atom. The molecule has 2 aromatic rings. The molecular weight excluding hydrogens is 202 g/mol. The van der Waals surface area contributed by atoms with Crippen LogP contribution in [0, 0.1) is 0 Å². The highest BCUT2D eigenvalue weighted by molar-refractivity contribution is 5.85. The van der Waals surface area contributed by atoms with Crippen LogP contribution >= 0.6 is 0 Å². The van der Waals surface area contributed by atoms with E-state index in [9.17, 15) is 4.79 Å². The summed E-state index contributed by atoms with van der Waals surface area (Å²) in [6.07, 6.45) is 1.75. The van der Waals surface area contributed by atoms with Crippen molar-refractivity contribution < 1.29 is 4.79 Å². The van der Waals surface area contributed by atoms with Crippen molar-refractivity contribution in [2.24, 2.45) is 5.84 Å². The van der Waals surface area contributed by atoms with Crippen LogP contribution in [0.5, 0.6) is 0 Å². The van der Waals surface area contributed by atoms with Gasteiger partial charge in [0.05, 0.1) is 11.4 Å². The molecule has 0 spiro atoms. The first-order chi connectivity index (χ1) is 7.72. The van der Waals surface area contributed by atoms with Crippen molar-refractivity contribution in [1.82, 2.24) is 10.4 Å². The van der Waals surface area contributed by atoms with Gasteiger partial charge in [-0.3, -0.25) is 15.2 Å². The quantitative estimate of drug-likeness (QED) is 0.451. The van der Waals surface area contributed by atoms with Crippen LogP contribution in [0.15, 0.2) is 36.5 Å². The Balaban J connectivity index is 2.43. The van der Waals surface area contributed by atoms with Gasteiger partial charge in [0.1, 0.15) is 0 Å². The molecular formula is C12H13N3O. The summed E-state index contributed by atoms with van der Waals surface area (Å²) in [5, 5.41) is 1.02. The van der Waals surface area contributed by atoms with Gasteiger partial charge in [0.25, 0.3) is 0 Å². The molecule has 1 aromatic heterocycles. The number of hydrazine groups is 1. The molecule has 0 aliphatic heterocycles. The summed E-state index contributed by atoms with van der Waals surface area (Å²) in [4.78, 5) is 15.6. The van der Waals surface area contributed by atoms with Crippen LogP contribution in [0.2, 0.25) is 0 Å². The lowest BCUT2D eigenvalue weighted by molar-refractivity contribution is -0.122. The van der Waals surface area contributed by atoms with Gasteiger partial charge in [-0.2, -0.15) is 0 Å². The third-order valence-electron chi connectivity index (χ3n) is 2.66. The van der Waals surface area contributed by atoms with Crippen molar-refractivity contribution >= 4 is 16.8 Å². The molecule has 4 nitrogen and oxygen atoms in total. The van der Waals surface area contributed by atoms with Gasteiger partial charge in [0, 0.05) is 11.6 Å². The third-order valence-corrected chi connectivity index (χ3v) is 2.66. The predicted octanol–water partition coefficient (Wildman–Crippen LogP) is 1.33. The summed E-state index contributed by atoms with van der Waals surface area (Å²) in [6.45, 7) is 1.82. The highest BCUT2D eigenvalue weighted by Gasteiger charge is 2.13. The molecule has 4 heteroatoms. The lowest BCUT2D eigenvalue weighted by atomic mass is 9.99. The average molecular weight is 215 g/mol. The zero-order valence-corrected chi connectivity index (χ0v) is 8.97. The van der Waals surface area contributed by atoms with Crippen molar-refractivity contribution in [2.45, 2.75) is 12.8 Å². The van der Waals surface area contributed by atoms with Crippen molar-refractivity contribution in [1.29, 1.82) is 0 Å². The summed E-state index contributed by atoms with van der Waals surface area (Å²) >= 11 is 0. The number of amides is 1. The lowest BCUT2D eigenvalue weighted by Gasteiger charge is -2.10. The molecule has 1 heterocycles. The molecule has 0 saturated heterocycles. The maximum Gasteiger partial charge on any atom is 0.241 e. The van der Waals surface area contributed by atoms with Crippen LogP contribution in [0.3, 0.4) is 0 Å². The Morgan fingerprint density at radius 2 is 2.25 bits per heavy atom. The number of nitrogens with zero attached hydrogens (tertiary/aromatic N) is 1. The third kappa shape index (κ3) is 1.87. The molecule has 2 rings (SSSR count). The SMILES string of the molecule is CC(C(=O)NN)c1ccc2ncccc2c1.